The van der Waals surface area contributed by atoms with Crippen molar-refractivity contribution < 1.29 is 19.4 Å². The third kappa shape index (κ3) is 4.86. The second kappa shape index (κ2) is 6.01. The van der Waals surface area contributed by atoms with Gasteiger partial charge in [0.05, 0.1) is 5.01 Å². The van der Waals surface area contributed by atoms with E-state index in [1.807, 2.05) is 6.92 Å². The van der Waals surface area contributed by atoms with E-state index in [1.54, 1.807) is 26.2 Å². The van der Waals surface area contributed by atoms with Crippen LogP contribution in [0.4, 0.5) is 10.6 Å². The van der Waals surface area contributed by atoms with Gasteiger partial charge in [-0.3, -0.25) is 4.79 Å². The Hall–Kier alpha value is -1.63. The molecule has 1 amide bonds. The Morgan fingerprint density at radius 1 is 1.47 bits per heavy atom. The smallest absolute Gasteiger partial charge is 0.416 e. The molecule has 0 bridgehead atoms. The van der Waals surface area contributed by atoms with Gasteiger partial charge in [0, 0.05) is 5.38 Å². The molecule has 0 atom stereocenters. The van der Waals surface area contributed by atoms with Crippen LogP contribution >= 0.6 is 11.3 Å². The van der Waals surface area contributed by atoms with Gasteiger partial charge in [-0.25, -0.2) is 14.7 Å². The summed E-state index contributed by atoms with van der Waals surface area (Å²) < 4.78 is 5.19. The number of ether oxygens (including phenoxy) is 1. The fourth-order valence-electron chi connectivity index (χ4n) is 1.28. The lowest BCUT2D eigenvalue weighted by Gasteiger charge is -2.25. The molecule has 1 aromatic rings. The summed E-state index contributed by atoms with van der Waals surface area (Å²) in [6.07, 6.45) is 0.0303. The van der Waals surface area contributed by atoms with Crippen LogP contribution in [0.5, 0.6) is 0 Å². The van der Waals surface area contributed by atoms with E-state index in [0.29, 0.717) is 5.82 Å². The number of thiazole rings is 1. The summed E-state index contributed by atoms with van der Waals surface area (Å²) in [4.78, 5) is 28.1. The first-order valence-electron chi connectivity index (χ1n) is 5.89. The highest BCUT2D eigenvalue weighted by Crippen LogP contribution is 2.21. The number of carbonyl (C=O) groups excluding carboxylic acids is 1. The molecule has 0 spiro atoms. The topological polar surface area (TPSA) is 79.7 Å². The molecule has 0 aliphatic rings. The van der Waals surface area contributed by atoms with Crippen molar-refractivity contribution in [1.29, 1.82) is 0 Å². The zero-order valence-electron chi connectivity index (χ0n) is 11.5. The summed E-state index contributed by atoms with van der Waals surface area (Å²) in [6.45, 7) is 6.65. The minimum absolute atomic E-state index is 0.318. The summed E-state index contributed by atoms with van der Waals surface area (Å²) in [6, 6.07) is 0. The SMILES string of the molecule is CCc1nc(N(CC(=O)O)C(=O)OC(C)(C)C)cs1. The number of amides is 1. The molecule has 0 aliphatic heterocycles. The van der Waals surface area contributed by atoms with Gasteiger partial charge >= 0.3 is 12.1 Å². The van der Waals surface area contributed by atoms with E-state index in [9.17, 15) is 9.59 Å². The number of rotatable bonds is 4. The number of carbonyl (C=O) groups is 2. The Balaban J connectivity index is 2.94. The summed E-state index contributed by atoms with van der Waals surface area (Å²) in [7, 11) is 0. The van der Waals surface area contributed by atoms with Crippen molar-refractivity contribution in [2.75, 3.05) is 11.4 Å². The van der Waals surface area contributed by atoms with Crippen molar-refractivity contribution in [2.24, 2.45) is 0 Å². The molecule has 0 aromatic carbocycles. The molecule has 0 saturated carbocycles. The number of hydrogen-bond acceptors (Lipinski definition) is 5. The van der Waals surface area contributed by atoms with Crippen LogP contribution in [-0.2, 0) is 16.0 Å². The Kier molecular flexibility index (Phi) is 4.88. The Bertz CT molecular complexity index is 465. The van der Waals surface area contributed by atoms with E-state index >= 15 is 0 Å². The zero-order valence-corrected chi connectivity index (χ0v) is 12.3. The van der Waals surface area contributed by atoms with Crippen LogP contribution < -0.4 is 4.90 Å². The number of anilines is 1. The number of hydrogen-bond donors (Lipinski definition) is 1. The first-order valence-corrected chi connectivity index (χ1v) is 6.77. The molecule has 106 valence electrons. The normalized spacial score (nSPS) is 11.2. The largest absolute Gasteiger partial charge is 0.480 e. The summed E-state index contributed by atoms with van der Waals surface area (Å²) in [5.74, 6) is -0.796. The number of aliphatic carboxylic acids is 1. The van der Waals surface area contributed by atoms with Gasteiger partial charge in [-0.1, -0.05) is 6.92 Å². The Labute approximate surface area is 116 Å². The molecule has 1 heterocycles. The molecule has 0 aliphatic carbocycles. The molecule has 1 N–H and O–H groups in total. The summed E-state index contributed by atoms with van der Waals surface area (Å²) in [5.41, 5.74) is -0.683. The van der Waals surface area contributed by atoms with Crippen LogP contribution in [0.25, 0.3) is 0 Å². The Morgan fingerprint density at radius 2 is 2.11 bits per heavy atom. The predicted octanol–water partition coefficient (Wildman–Crippen LogP) is 2.53. The predicted molar refractivity (Wildman–Crippen MR) is 72.7 cm³/mol. The lowest BCUT2D eigenvalue weighted by atomic mass is 10.2. The highest BCUT2D eigenvalue weighted by atomic mass is 32.1. The van der Waals surface area contributed by atoms with Crippen molar-refractivity contribution in [3.63, 3.8) is 0 Å². The van der Waals surface area contributed by atoms with Crippen LogP contribution in [0.2, 0.25) is 0 Å². The first-order chi connectivity index (χ1) is 8.73. The number of carboxylic acids is 1. The maximum atomic E-state index is 12.0. The first kappa shape index (κ1) is 15.4. The number of aryl methyl sites for hydroxylation is 1. The maximum absolute atomic E-state index is 12.0. The molecule has 6 nitrogen and oxygen atoms in total. The minimum Gasteiger partial charge on any atom is -0.480 e. The standard InChI is InChI=1S/C12H18N2O4S/c1-5-9-13-8(7-19-9)14(6-10(15)16)11(17)18-12(2,3)4/h7H,5-6H2,1-4H3,(H,15,16). The van der Waals surface area contributed by atoms with Gasteiger partial charge in [-0.15, -0.1) is 11.3 Å². The molecule has 0 fully saturated rings. The summed E-state index contributed by atoms with van der Waals surface area (Å²) >= 11 is 1.39. The number of nitrogens with zero attached hydrogens (tertiary/aromatic N) is 2. The molecule has 0 radical (unpaired) electrons. The lowest BCUT2D eigenvalue weighted by molar-refractivity contribution is -0.135. The molecule has 19 heavy (non-hydrogen) atoms. The van der Waals surface area contributed by atoms with Gasteiger partial charge in [0.1, 0.15) is 18.0 Å². The molecule has 1 aromatic heterocycles. The second-order valence-corrected chi connectivity index (χ2v) is 5.86. The van der Waals surface area contributed by atoms with E-state index in [0.717, 1.165) is 16.3 Å². The maximum Gasteiger partial charge on any atom is 0.416 e. The van der Waals surface area contributed by atoms with Crippen molar-refractivity contribution in [2.45, 2.75) is 39.7 Å². The number of carboxylic acid groups (broad SMARTS) is 1. The monoisotopic (exact) mass is 286 g/mol. The van der Waals surface area contributed by atoms with Crippen molar-refractivity contribution in [3.8, 4) is 0 Å². The van der Waals surface area contributed by atoms with E-state index in [4.69, 9.17) is 9.84 Å². The molecule has 0 unspecified atom stereocenters. The van der Waals surface area contributed by atoms with Crippen LogP contribution in [-0.4, -0.2) is 34.3 Å². The average molecular weight is 286 g/mol. The highest BCUT2D eigenvalue weighted by molar-refractivity contribution is 7.10. The highest BCUT2D eigenvalue weighted by Gasteiger charge is 2.26. The van der Waals surface area contributed by atoms with Crippen LogP contribution in [0, 0.1) is 0 Å². The van der Waals surface area contributed by atoms with Crippen LogP contribution in [0.1, 0.15) is 32.7 Å². The van der Waals surface area contributed by atoms with E-state index in [1.165, 1.54) is 11.3 Å². The van der Waals surface area contributed by atoms with Crippen molar-refractivity contribution in [3.05, 3.63) is 10.4 Å². The Morgan fingerprint density at radius 3 is 2.53 bits per heavy atom. The lowest BCUT2D eigenvalue weighted by Crippen LogP contribution is -2.40. The quantitative estimate of drug-likeness (QED) is 0.920. The second-order valence-electron chi connectivity index (χ2n) is 4.91. The van der Waals surface area contributed by atoms with Gasteiger partial charge < -0.3 is 9.84 Å². The molecule has 7 heteroatoms. The fourth-order valence-corrected chi connectivity index (χ4v) is 2.01. The van der Waals surface area contributed by atoms with Crippen LogP contribution in [0.3, 0.4) is 0 Å². The number of aromatic nitrogens is 1. The van der Waals surface area contributed by atoms with Crippen LogP contribution in [0.15, 0.2) is 5.38 Å². The van der Waals surface area contributed by atoms with E-state index in [2.05, 4.69) is 4.98 Å². The minimum atomic E-state index is -1.11. The molecular formula is C12H18N2O4S. The fraction of sp³-hybridized carbons (Fsp3) is 0.583. The third-order valence-corrected chi connectivity index (χ3v) is 3.01. The van der Waals surface area contributed by atoms with Gasteiger partial charge in [-0.05, 0) is 27.2 Å². The van der Waals surface area contributed by atoms with Crippen molar-refractivity contribution >= 4 is 29.2 Å². The third-order valence-electron chi connectivity index (χ3n) is 2.03. The molecule has 1 rings (SSSR count). The average Bonchev–Trinajstić information content (AvgIpc) is 2.71. The van der Waals surface area contributed by atoms with Gasteiger partial charge in [0.2, 0.25) is 0 Å². The van der Waals surface area contributed by atoms with Gasteiger partial charge in [-0.2, -0.15) is 0 Å². The molecule has 0 saturated heterocycles. The van der Waals surface area contributed by atoms with Crippen molar-refractivity contribution in [1.82, 2.24) is 4.98 Å². The van der Waals surface area contributed by atoms with E-state index in [-0.39, 0.29) is 0 Å². The van der Waals surface area contributed by atoms with Gasteiger partial charge in [0.25, 0.3) is 0 Å². The zero-order chi connectivity index (χ0) is 14.6. The van der Waals surface area contributed by atoms with Gasteiger partial charge in [0.15, 0.2) is 0 Å². The van der Waals surface area contributed by atoms with E-state index < -0.39 is 24.2 Å². The summed E-state index contributed by atoms with van der Waals surface area (Å²) in [5, 5.41) is 11.4. The molecular weight excluding hydrogens is 268 g/mol.